The smallest absolute Gasteiger partial charge is 0.253 e. The number of nitrogens with zero attached hydrogens (tertiary/aromatic N) is 4. The van der Waals surface area contributed by atoms with Crippen LogP contribution in [0.5, 0.6) is 0 Å². The molecule has 0 bridgehead atoms. The molecule has 0 spiro atoms. The number of hydrogen-bond acceptors (Lipinski definition) is 5. The molecule has 4 rings (SSSR count). The molecule has 1 saturated heterocycles. The largest absolute Gasteiger partial charge is 0.354 e. The molecular weight excluding hydrogens is 406 g/mol. The lowest BCUT2D eigenvalue weighted by molar-refractivity contribution is 0.0950. The molecular formula is C24H31N5OS. The van der Waals surface area contributed by atoms with Crippen LogP contribution >= 0.6 is 11.3 Å². The minimum absolute atomic E-state index is 0.0368. The van der Waals surface area contributed by atoms with Crippen LogP contribution in [0.3, 0.4) is 0 Å². The molecule has 0 aromatic carbocycles. The van der Waals surface area contributed by atoms with Gasteiger partial charge in [-0.1, -0.05) is 19.1 Å². The van der Waals surface area contributed by atoms with Gasteiger partial charge in [0.1, 0.15) is 5.82 Å². The van der Waals surface area contributed by atoms with Crippen LogP contribution in [-0.4, -0.2) is 53.1 Å². The number of anilines is 1. The Morgan fingerprint density at radius 3 is 2.61 bits per heavy atom. The summed E-state index contributed by atoms with van der Waals surface area (Å²) < 4.78 is 2.20. The minimum atomic E-state index is -0.0368. The lowest BCUT2D eigenvalue weighted by atomic mass is 10.2. The molecule has 1 fully saturated rings. The molecule has 1 aliphatic heterocycles. The number of hydrogen-bond donors (Lipinski definition) is 1. The van der Waals surface area contributed by atoms with Gasteiger partial charge in [-0.05, 0) is 49.5 Å². The highest BCUT2D eigenvalue weighted by Crippen LogP contribution is 2.20. The maximum absolute atomic E-state index is 12.8. The van der Waals surface area contributed by atoms with Gasteiger partial charge in [0, 0.05) is 55.2 Å². The lowest BCUT2D eigenvalue weighted by Gasteiger charge is -2.34. The SMILES string of the molecule is CCN1CCN(c2ccc(CNC(=O)c3cc(C)n(Cc4cccs4)c3C)cn2)CC1. The van der Waals surface area contributed by atoms with E-state index in [2.05, 4.69) is 68.2 Å². The van der Waals surface area contributed by atoms with Gasteiger partial charge in [0.2, 0.25) is 0 Å². The van der Waals surface area contributed by atoms with Crippen LogP contribution in [0.15, 0.2) is 41.9 Å². The van der Waals surface area contributed by atoms with E-state index < -0.39 is 0 Å². The van der Waals surface area contributed by atoms with E-state index in [0.29, 0.717) is 6.54 Å². The molecule has 6 nitrogen and oxygen atoms in total. The molecule has 0 aliphatic carbocycles. The van der Waals surface area contributed by atoms with E-state index in [1.165, 1.54) is 4.88 Å². The number of carbonyl (C=O) groups is 1. The topological polar surface area (TPSA) is 53.4 Å². The monoisotopic (exact) mass is 437 g/mol. The summed E-state index contributed by atoms with van der Waals surface area (Å²) in [6.45, 7) is 12.9. The Morgan fingerprint density at radius 2 is 1.97 bits per heavy atom. The van der Waals surface area contributed by atoms with Crippen LogP contribution in [0, 0.1) is 13.8 Å². The fourth-order valence-electron chi connectivity index (χ4n) is 4.11. The standard InChI is InChI=1S/C24H31N5OS/c1-4-27-9-11-28(12-10-27)23-8-7-20(15-25-23)16-26-24(30)22-14-18(2)29(19(22)3)17-21-6-5-13-31-21/h5-8,13-15H,4,9-12,16-17H2,1-3H3,(H,26,30). The van der Waals surface area contributed by atoms with Gasteiger partial charge in [0.15, 0.2) is 0 Å². The number of rotatable bonds is 7. The van der Waals surface area contributed by atoms with Gasteiger partial charge >= 0.3 is 0 Å². The molecule has 3 aromatic rings. The number of thiophene rings is 1. The Kier molecular flexibility index (Phi) is 6.73. The predicted octanol–water partition coefficient (Wildman–Crippen LogP) is 3.68. The maximum Gasteiger partial charge on any atom is 0.253 e. The molecule has 164 valence electrons. The van der Waals surface area contributed by atoms with E-state index >= 15 is 0 Å². The predicted molar refractivity (Wildman–Crippen MR) is 127 cm³/mol. The average molecular weight is 438 g/mol. The van der Waals surface area contributed by atoms with Crippen molar-refractivity contribution in [3.8, 4) is 0 Å². The first-order valence-electron chi connectivity index (χ1n) is 10.9. The van der Waals surface area contributed by atoms with E-state index in [1.54, 1.807) is 11.3 Å². The van der Waals surface area contributed by atoms with Crippen molar-refractivity contribution in [2.45, 2.75) is 33.9 Å². The first-order valence-corrected chi connectivity index (χ1v) is 11.8. The van der Waals surface area contributed by atoms with Crippen LogP contribution in [0.4, 0.5) is 5.82 Å². The third-order valence-corrected chi connectivity index (χ3v) is 6.98. The molecule has 0 saturated carbocycles. The first-order chi connectivity index (χ1) is 15.0. The van der Waals surface area contributed by atoms with Crippen molar-refractivity contribution in [3.05, 3.63) is 69.3 Å². The summed E-state index contributed by atoms with van der Waals surface area (Å²) in [5.74, 6) is 0.980. The average Bonchev–Trinajstić information content (AvgIpc) is 3.42. The van der Waals surface area contributed by atoms with Gasteiger partial charge in [-0.2, -0.15) is 0 Å². The Bertz CT molecular complexity index is 1000. The zero-order chi connectivity index (χ0) is 21.8. The first kappa shape index (κ1) is 21.6. The Hall–Kier alpha value is -2.64. The van der Waals surface area contributed by atoms with Gasteiger partial charge < -0.3 is 19.7 Å². The summed E-state index contributed by atoms with van der Waals surface area (Å²) in [6.07, 6.45) is 1.88. The summed E-state index contributed by atoms with van der Waals surface area (Å²) in [7, 11) is 0. The zero-order valence-electron chi connectivity index (χ0n) is 18.6. The number of amides is 1. The van der Waals surface area contributed by atoms with Crippen LogP contribution in [0.1, 0.15) is 39.1 Å². The van der Waals surface area contributed by atoms with Crippen molar-refractivity contribution in [1.82, 2.24) is 19.8 Å². The second-order valence-electron chi connectivity index (χ2n) is 8.08. The van der Waals surface area contributed by atoms with Crippen molar-refractivity contribution in [2.75, 3.05) is 37.6 Å². The molecule has 3 aromatic heterocycles. The third-order valence-electron chi connectivity index (χ3n) is 6.12. The lowest BCUT2D eigenvalue weighted by Crippen LogP contribution is -2.46. The highest BCUT2D eigenvalue weighted by Gasteiger charge is 2.18. The molecule has 0 atom stereocenters. The van der Waals surface area contributed by atoms with E-state index in [0.717, 1.165) is 67.6 Å². The third kappa shape index (κ3) is 4.99. The van der Waals surface area contributed by atoms with Crippen molar-refractivity contribution >= 4 is 23.1 Å². The van der Waals surface area contributed by atoms with Gasteiger partial charge in [-0.3, -0.25) is 4.79 Å². The molecule has 4 heterocycles. The molecule has 1 N–H and O–H groups in total. The number of aryl methyl sites for hydroxylation is 1. The Labute approximate surface area is 188 Å². The fourth-order valence-corrected chi connectivity index (χ4v) is 4.80. The number of nitrogens with one attached hydrogen (secondary N) is 1. The zero-order valence-corrected chi connectivity index (χ0v) is 19.4. The van der Waals surface area contributed by atoms with Crippen LogP contribution in [0.25, 0.3) is 0 Å². The number of pyridine rings is 1. The Balaban J connectivity index is 1.35. The van der Waals surface area contributed by atoms with Crippen molar-refractivity contribution in [3.63, 3.8) is 0 Å². The van der Waals surface area contributed by atoms with Gasteiger partial charge in [-0.25, -0.2) is 4.98 Å². The fraction of sp³-hybridized carbons (Fsp3) is 0.417. The minimum Gasteiger partial charge on any atom is -0.354 e. The summed E-state index contributed by atoms with van der Waals surface area (Å²) >= 11 is 1.74. The van der Waals surface area contributed by atoms with Gasteiger partial charge in [0.25, 0.3) is 5.91 Å². The van der Waals surface area contributed by atoms with E-state index in [1.807, 2.05) is 19.2 Å². The molecule has 0 radical (unpaired) electrons. The molecule has 31 heavy (non-hydrogen) atoms. The summed E-state index contributed by atoms with van der Waals surface area (Å²) in [4.78, 5) is 23.5. The summed E-state index contributed by atoms with van der Waals surface area (Å²) in [6, 6.07) is 10.3. The quantitative estimate of drug-likeness (QED) is 0.613. The van der Waals surface area contributed by atoms with Gasteiger partial charge in [-0.15, -0.1) is 11.3 Å². The summed E-state index contributed by atoms with van der Waals surface area (Å²) in [5, 5.41) is 5.14. The van der Waals surface area contributed by atoms with Crippen LogP contribution in [-0.2, 0) is 13.1 Å². The maximum atomic E-state index is 12.8. The van der Waals surface area contributed by atoms with Crippen LogP contribution < -0.4 is 10.2 Å². The van der Waals surface area contributed by atoms with E-state index in [4.69, 9.17) is 0 Å². The summed E-state index contributed by atoms with van der Waals surface area (Å²) in [5.41, 5.74) is 3.86. The Morgan fingerprint density at radius 1 is 1.16 bits per heavy atom. The molecule has 7 heteroatoms. The number of likely N-dealkylation sites (N-methyl/N-ethyl adjacent to an activating group) is 1. The normalized spacial score (nSPS) is 14.7. The van der Waals surface area contributed by atoms with Crippen molar-refractivity contribution in [1.29, 1.82) is 0 Å². The van der Waals surface area contributed by atoms with E-state index in [-0.39, 0.29) is 5.91 Å². The number of piperazine rings is 1. The van der Waals surface area contributed by atoms with Crippen molar-refractivity contribution < 1.29 is 4.79 Å². The second kappa shape index (κ2) is 9.66. The number of aromatic nitrogens is 2. The highest BCUT2D eigenvalue weighted by molar-refractivity contribution is 7.09. The molecule has 1 aliphatic rings. The molecule has 0 unspecified atom stereocenters. The highest BCUT2D eigenvalue weighted by atomic mass is 32.1. The second-order valence-corrected chi connectivity index (χ2v) is 9.11. The molecule has 1 amide bonds. The van der Waals surface area contributed by atoms with Gasteiger partial charge in [0.05, 0.1) is 12.1 Å². The van der Waals surface area contributed by atoms with Crippen molar-refractivity contribution in [2.24, 2.45) is 0 Å². The van der Waals surface area contributed by atoms with Crippen LogP contribution in [0.2, 0.25) is 0 Å². The van der Waals surface area contributed by atoms with E-state index in [9.17, 15) is 4.79 Å². The number of carbonyl (C=O) groups excluding carboxylic acids is 1.